The highest BCUT2D eigenvalue weighted by molar-refractivity contribution is 5.89. The maximum Gasteiger partial charge on any atom is 0.307 e. The van der Waals surface area contributed by atoms with Gasteiger partial charge in [0.15, 0.2) is 5.82 Å². The van der Waals surface area contributed by atoms with Gasteiger partial charge in [-0.2, -0.15) is 0 Å². The summed E-state index contributed by atoms with van der Waals surface area (Å²) >= 11 is 0. The van der Waals surface area contributed by atoms with Gasteiger partial charge in [0.2, 0.25) is 0 Å². The Morgan fingerprint density at radius 3 is 2.75 bits per heavy atom. The first-order valence-corrected chi connectivity index (χ1v) is 10.5. The van der Waals surface area contributed by atoms with Gasteiger partial charge in [0.1, 0.15) is 11.3 Å². The molecule has 28 heavy (non-hydrogen) atoms. The van der Waals surface area contributed by atoms with Gasteiger partial charge in [-0.3, -0.25) is 9.69 Å². The van der Waals surface area contributed by atoms with Gasteiger partial charge in [-0.1, -0.05) is 20.8 Å². The van der Waals surface area contributed by atoms with Crippen molar-refractivity contribution in [1.29, 1.82) is 0 Å². The summed E-state index contributed by atoms with van der Waals surface area (Å²) in [6.07, 6.45) is 3.24. The third kappa shape index (κ3) is 4.29. The summed E-state index contributed by atoms with van der Waals surface area (Å²) in [6, 6.07) is 0. The highest BCUT2D eigenvalue weighted by atomic mass is 16.5. The molecule has 0 aromatic carbocycles. The van der Waals surface area contributed by atoms with Gasteiger partial charge in [-0.25, -0.2) is 9.97 Å². The number of carbonyl (C=O) groups is 1. The first-order chi connectivity index (χ1) is 13.4. The predicted molar refractivity (Wildman–Crippen MR) is 111 cm³/mol. The minimum Gasteiger partial charge on any atom is -0.466 e. The molecule has 0 bridgehead atoms. The van der Waals surface area contributed by atoms with E-state index < -0.39 is 0 Å². The van der Waals surface area contributed by atoms with E-state index in [9.17, 15) is 4.79 Å². The molecular weight excluding hydrogens is 354 g/mol. The molecule has 0 aliphatic carbocycles. The zero-order chi connectivity index (χ0) is 20.3. The van der Waals surface area contributed by atoms with Crippen molar-refractivity contribution in [3.63, 3.8) is 0 Å². The van der Waals surface area contributed by atoms with Gasteiger partial charge in [-0.05, 0) is 19.3 Å². The van der Waals surface area contributed by atoms with Crippen molar-refractivity contribution in [2.45, 2.75) is 66.5 Å². The van der Waals surface area contributed by atoms with Crippen molar-refractivity contribution in [3.8, 4) is 0 Å². The lowest BCUT2D eigenvalue weighted by Gasteiger charge is -2.29. The number of carbonyl (C=O) groups excluding carboxylic acids is 1. The second-order valence-electron chi connectivity index (χ2n) is 7.98. The maximum atomic E-state index is 11.7. The molecule has 7 nitrogen and oxygen atoms in total. The molecule has 0 amide bonds. The molecule has 3 heterocycles. The van der Waals surface area contributed by atoms with Crippen LogP contribution in [0.3, 0.4) is 0 Å². The number of rotatable bonds is 8. The highest BCUT2D eigenvalue weighted by Gasteiger charge is 2.26. The Hall–Kier alpha value is -2.15. The van der Waals surface area contributed by atoms with Crippen LogP contribution in [0.5, 0.6) is 0 Å². The Balaban J connectivity index is 1.97. The Kier molecular flexibility index (Phi) is 6.54. The average molecular weight is 388 g/mol. The largest absolute Gasteiger partial charge is 0.466 e. The molecule has 0 atom stereocenters. The number of fused-ring (bicyclic) bond motifs is 3. The number of imidazole rings is 1. The Labute approximate surface area is 167 Å². The molecule has 0 unspecified atom stereocenters. The van der Waals surface area contributed by atoms with E-state index in [-0.39, 0.29) is 5.97 Å². The minimum atomic E-state index is -0.135. The predicted octanol–water partition coefficient (Wildman–Crippen LogP) is 2.93. The normalized spacial score (nSPS) is 14.6. The second-order valence-corrected chi connectivity index (χ2v) is 7.98. The number of ether oxygens (including phenoxy) is 1. The molecule has 0 fully saturated rings. The zero-order valence-electron chi connectivity index (χ0n) is 17.6. The van der Waals surface area contributed by atoms with E-state index in [2.05, 4.69) is 35.2 Å². The number of nitrogens with two attached hydrogens (primary N) is 1. The maximum absolute atomic E-state index is 11.7. The number of anilines is 1. The third-order valence-electron chi connectivity index (χ3n) is 5.18. The Morgan fingerprint density at radius 2 is 2.07 bits per heavy atom. The monoisotopic (exact) mass is 387 g/mol. The van der Waals surface area contributed by atoms with E-state index in [1.807, 2.05) is 6.92 Å². The number of esters is 1. The first kappa shape index (κ1) is 20.6. The smallest absolute Gasteiger partial charge is 0.307 e. The van der Waals surface area contributed by atoms with Crippen LogP contribution in [-0.2, 0) is 35.5 Å². The fourth-order valence-electron chi connectivity index (χ4n) is 3.98. The quantitative estimate of drug-likeness (QED) is 0.701. The van der Waals surface area contributed by atoms with E-state index >= 15 is 0 Å². The van der Waals surface area contributed by atoms with Gasteiger partial charge >= 0.3 is 5.97 Å². The lowest BCUT2D eigenvalue weighted by Crippen LogP contribution is -2.33. The van der Waals surface area contributed by atoms with E-state index in [1.54, 1.807) is 0 Å². The van der Waals surface area contributed by atoms with Crippen LogP contribution >= 0.6 is 0 Å². The molecule has 0 radical (unpaired) electrons. The van der Waals surface area contributed by atoms with Crippen LogP contribution in [0, 0.1) is 5.92 Å². The van der Waals surface area contributed by atoms with E-state index in [0.29, 0.717) is 31.3 Å². The van der Waals surface area contributed by atoms with Gasteiger partial charge < -0.3 is 15.0 Å². The molecule has 1 aliphatic heterocycles. The van der Waals surface area contributed by atoms with Crippen molar-refractivity contribution in [3.05, 3.63) is 17.1 Å². The van der Waals surface area contributed by atoms with Crippen LogP contribution in [0.25, 0.3) is 11.0 Å². The molecule has 0 spiro atoms. The minimum absolute atomic E-state index is 0.135. The number of pyridine rings is 1. The average Bonchev–Trinajstić information content (AvgIpc) is 2.99. The Bertz CT molecular complexity index is 843. The number of nitrogens with zero attached hydrogens (tertiary/aromatic N) is 4. The van der Waals surface area contributed by atoms with Crippen molar-refractivity contribution in [2.24, 2.45) is 5.92 Å². The summed E-state index contributed by atoms with van der Waals surface area (Å²) in [4.78, 5) is 23.6. The highest BCUT2D eigenvalue weighted by Crippen LogP contribution is 2.31. The summed E-state index contributed by atoms with van der Waals surface area (Å²) in [5.41, 5.74) is 10.6. The van der Waals surface area contributed by atoms with Crippen LogP contribution < -0.4 is 5.73 Å². The van der Waals surface area contributed by atoms with Crippen LogP contribution in [-0.4, -0.2) is 45.1 Å². The molecule has 2 aromatic heterocycles. The molecule has 2 aromatic rings. The Morgan fingerprint density at radius 1 is 1.29 bits per heavy atom. The first-order valence-electron chi connectivity index (χ1n) is 10.5. The number of hydrogen-bond acceptors (Lipinski definition) is 6. The van der Waals surface area contributed by atoms with Gasteiger partial charge in [0, 0.05) is 44.6 Å². The number of aromatic nitrogens is 3. The standard InChI is InChI=1S/C21H33N5O2/c1-5-7-17-24-19-20(26(17)12-14(3)4)15-13-25(11-9-18(27)28-6-2)10-8-16(15)23-21(19)22/h14H,5-13H2,1-4H3,(H2,22,23). The van der Waals surface area contributed by atoms with Crippen molar-refractivity contribution < 1.29 is 9.53 Å². The molecule has 0 saturated heterocycles. The molecular formula is C21H33N5O2. The topological polar surface area (TPSA) is 86.3 Å². The zero-order valence-corrected chi connectivity index (χ0v) is 17.6. The van der Waals surface area contributed by atoms with Crippen LogP contribution in [0.2, 0.25) is 0 Å². The fraction of sp³-hybridized carbons (Fsp3) is 0.667. The van der Waals surface area contributed by atoms with Gasteiger partial charge in [0.25, 0.3) is 0 Å². The van der Waals surface area contributed by atoms with E-state index in [0.717, 1.165) is 61.4 Å². The summed E-state index contributed by atoms with van der Waals surface area (Å²) in [5.74, 6) is 2.01. The lowest BCUT2D eigenvalue weighted by molar-refractivity contribution is -0.143. The van der Waals surface area contributed by atoms with E-state index in [4.69, 9.17) is 15.5 Å². The van der Waals surface area contributed by atoms with E-state index in [1.165, 1.54) is 5.56 Å². The fourth-order valence-corrected chi connectivity index (χ4v) is 3.98. The number of nitrogen functional groups attached to an aromatic ring is 1. The van der Waals surface area contributed by atoms with Crippen molar-refractivity contribution >= 4 is 22.8 Å². The van der Waals surface area contributed by atoms with Crippen molar-refractivity contribution in [1.82, 2.24) is 19.4 Å². The number of hydrogen-bond donors (Lipinski definition) is 1. The summed E-state index contributed by atoms with van der Waals surface area (Å²) in [7, 11) is 0. The van der Waals surface area contributed by atoms with Gasteiger partial charge in [0.05, 0.1) is 24.2 Å². The molecule has 0 saturated carbocycles. The molecule has 1 aliphatic rings. The number of aryl methyl sites for hydroxylation is 1. The molecule has 2 N–H and O–H groups in total. The SMILES string of the molecule is CCCc1nc2c(N)nc3c(c2n1CC(C)C)CN(CCC(=O)OCC)CC3. The molecule has 7 heteroatoms. The summed E-state index contributed by atoms with van der Waals surface area (Å²) in [6.45, 7) is 12.2. The summed E-state index contributed by atoms with van der Waals surface area (Å²) < 4.78 is 7.43. The lowest BCUT2D eigenvalue weighted by atomic mass is 10.0. The van der Waals surface area contributed by atoms with Gasteiger partial charge in [-0.15, -0.1) is 0 Å². The molecule has 154 valence electrons. The molecule has 3 rings (SSSR count). The van der Waals surface area contributed by atoms with Crippen molar-refractivity contribution in [2.75, 3.05) is 25.4 Å². The van der Waals surface area contributed by atoms with Crippen LogP contribution in [0.1, 0.15) is 57.6 Å². The summed E-state index contributed by atoms with van der Waals surface area (Å²) in [5, 5.41) is 0. The van der Waals surface area contributed by atoms with Crippen LogP contribution in [0.4, 0.5) is 5.82 Å². The third-order valence-corrected chi connectivity index (χ3v) is 5.18. The second kappa shape index (κ2) is 8.90. The van der Waals surface area contributed by atoms with Crippen LogP contribution in [0.15, 0.2) is 0 Å².